The zero-order valence-electron chi connectivity index (χ0n) is 15.6. The lowest BCUT2D eigenvalue weighted by Gasteiger charge is -2.10. The molecule has 140 valence electrons. The summed E-state index contributed by atoms with van der Waals surface area (Å²) < 4.78 is 7.43. The molecule has 2 aromatic carbocycles. The number of nitrogens with one attached hydrogen (secondary N) is 1. The minimum Gasteiger partial charge on any atom is -0.494 e. The Labute approximate surface area is 160 Å². The van der Waals surface area contributed by atoms with Crippen LogP contribution in [0.3, 0.4) is 0 Å². The highest BCUT2D eigenvalue weighted by atomic mass is 16.5. The molecule has 0 aliphatic heterocycles. The molecule has 1 amide bonds. The van der Waals surface area contributed by atoms with E-state index in [1.807, 2.05) is 60.3 Å². The van der Waals surface area contributed by atoms with Gasteiger partial charge in [-0.3, -0.25) is 4.79 Å². The SMILES string of the molecule is CCOc1ccccc1CCC(=O)NCCc1ccc(-n2cccn2)cc1. The van der Waals surface area contributed by atoms with Gasteiger partial charge >= 0.3 is 0 Å². The predicted octanol–water partition coefficient (Wildman–Crippen LogP) is 3.56. The van der Waals surface area contributed by atoms with Crippen LogP contribution in [0.5, 0.6) is 5.75 Å². The Morgan fingerprint density at radius 3 is 2.63 bits per heavy atom. The number of para-hydroxylation sites is 1. The lowest BCUT2D eigenvalue weighted by atomic mass is 10.1. The Bertz CT molecular complexity index is 842. The van der Waals surface area contributed by atoms with Crippen LogP contribution in [0.25, 0.3) is 5.69 Å². The molecule has 1 aromatic heterocycles. The van der Waals surface area contributed by atoms with E-state index in [1.54, 1.807) is 6.20 Å². The summed E-state index contributed by atoms with van der Waals surface area (Å²) in [5.41, 5.74) is 3.29. The molecule has 0 aliphatic rings. The zero-order valence-corrected chi connectivity index (χ0v) is 15.6. The molecule has 0 bridgehead atoms. The van der Waals surface area contributed by atoms with Crippen molar-refractivity contribution < 1.29 is 9.53 Å². The van der Waals surface area contributed by atoms with Crippen LogP contribution in [-0.4, -0.2) is 28.8 Å². The fourth-order valence-electron chi connectivity index (χ4n) is 2.93. The monoisotopic (exact) mass is 363 g/mol. The van der Waals surface area contributed by atoms with Gasteiger partial charge in [-0.1, -0.05) is 30.3 Å². The quantitative estimate of drug-likeness (QED) is 0.632. The topological polar surface area (TPSA) is 56.1 Å². The van der Waals surface area contributed by atoms with E-state index in [2.05, 4.69) is 22.5 Å². The molecule has 0 saturated carbocycles. The van der Waals surface area contributed by atoms with Gasteiger partial charge in [0.15, 0.2) is 0 Å². The van der Waals surface area contributed by atoms with Crippen LogP contribution in [-0.2, 0) is 17.6 Å². The van der Waals surface area contributed by atoms with E-state index in [-0.39, 0.29) is 5.91 Å². The lowest BCUT2D eigenvalue weighted by molar-refractivity contribution is -0.121. The molecule has 0 radical (unpaired) electrons. The van der Waals surface area contributed by atoms with Crippen LogP contribution in [0.1, 0.15) is 24.5 Å². The van der Waals surface area contributed by atoms with Gasteiger partial charge in [0, 0.05) is 25.4 Å². The van der Waals surface area contributed by atoms with Crippen LogP contribution in [0.4, 0.5) is 0 Å². The number of ether oxygens (including phenoxy) is 1. The van der Waals surface area contributed by atoms with E-state index < -0.39 is 0 Å². The van der Waals surface area contributed by atoms with E-state index in [9.17, 15) is 4.79 Å². The standard InChI is InChI=1S/C22H25N3O2/c1-2-27-21-7-4-3-6-19(21)10-13-22(26)23-16-14-18-8-11-20(12-9-18)25-17-5-15-24-25/h3-9,11-12,15,17H,2,10,13-14,16H2,1H3,(H,23,26). The van der Waals surface area contributed by atoms with E-state index >= 15 is 0 Å². The molecule has 0 atom stereocenters. The number of hydrogen-bond acceptors (Lipinski definition) is 3. The molecular formula is C22H25N3O2. The summed E-state index contributed by atoms with van der Waals surface area (Å²) in [7, 11) is 0. The molecule has 0 fully saturated rings. The molecule has 1 N–H and O–H groups in total. The fourth-order valence-corrected chi connectivity index (χ4v) is 2.93. The maximum atomic E-state index is 12.1. The van der Waals surface area contributed by atoms with Crippen molar-refractivity contribution in [3.05, 3.63) is 78.1 Å². The zero-order chi connectivity index (χ0) is 18.9. The van der Waals surface area contributed by atoms with Crippen LogP contribution in [0.2, 0.25) is 0 Å². The number of carbonyl (C=O) groups is 1. The number of rotatable bonds is 9. The molecule has 5 nitrogen and oxygen atoms in total. The second-order valence-electron chi connectivity index (χ2n) is 6.26. The van der Waals surface area contributed by atoms with Crippen molar-refractivity contribution in [3.63, 3.8) is 0 Å². The van der Waals surface area contributed by atoms with Crippen molar-refractivity contribution in [2.75, 3.05) is 13.2 Å². The smallest absolute Gasteiger partial charge is 0.220 e. The number of hydrogen-bond donors (Lipinski definition) is 1. The Hall–Kier alpha value is -3.08. The maximum absolute atomic E-state index is 12.1. The van der Waals surface area contributed by atoms with Crippen LogP contribution in [0, 0.1) is 0 Å². The largest absolute Gasteiger partial charge is 0.494 e. The highest BCUT2D eigenvalue weighted by Gasteiger charge is 2.06. The predicted molar refractivity (Wildman–Crippen MR) is 106 cm³/mol. The normalized spacial score (nSPS) is 10.6. The first kappa shape index (κ1) is 18.7. The molecule has 3 rings (SSSR count). The van der Waals surface area contributed by atoms with Gasteiger partial charge in [-0.15, -0.1) is 0 Å². The summed E-state index contributed by atoms with van der Waals surface area (Å²) in [6, 6.07) is 18.0. The molecule has 5 heteroatoms. The number of amides is 1. The van der Waals surface area contributed by atoms with Crippen LogP contribution in [0.15, 0.2) is 67.0 Å². The van der Waals surface area contributed by atoms with E-state index in [1.165, 1.54) is 5.56 Å². The summed E-state index contributed by atoms with van der Waals surface area (Å²) in [4.78, 5) is 12.1. The summed E-state index contributed by atoms with van der Waals surface area (Å²) in [5, 5.41) is 7.21. The Morgan fingerprint density at radius 2 is 1.89 bits per heavy atom. The van der Waals surface area contributed by atoms with Crippen molar-refractivity contribution in [1.29, 1.82) is 0 Å². The number of aromatic nitrogens is 2. The van der Waals surface area contributed by atoms with Crippen LogP contribution < -0.4 is 10.1 Å². The highest BCUT2D eigenvalue weighted by molar-refractivity contribution is 5.76. The summed E-state index contributed by atoms with van der Waals surface area (Å²) in [6.45, 7) is 3.22. The van der Waals surface area contributed by atoms with Crippen molar-refractivity contribution in [1.82, 2.24) is 15.1 Å². The number of carbonyl (C=O) groups excluding carboxylic acids is 1. The van der Waals surface area contributed by atoms with E-state index in [0.29, 0.717) is 26.0 Å². The molecule has 0 unspecified atom stereocenters. The van der Waals surface area contributed by atoms with Gasteiger partial charge < -0.3 is 10.1 Å². The molecular weight excluding hydrogens is 338 g/mol. The van der Waals surface area contributed by atoms with Gasteiger partial charge in [0.25, 0.3) is 0 Å². The van der Waals surface area contributed by atoms with Crippen molar-refractivity contribution >= 4 is 5.91 Å². The number of benzene rings is 2. The minimum atomic E-state index is 0.0643. The molecule has 0 saturated heterocycles. The second-order valence-corrected chi connectivity index (χ2v) is 6.26. The Kier molecular flexibility index (Phi) is 6.63. The van der Waals surface area contributed by atoms with Gasteiger partial charge in [-0.2, -0.15) is 5.10 Å². The van der Waals surface area contributed by atoms with Crippen molar-refractivity contribution in [3.8, 4) is 11.4 Å². The molecule has 27 heavy (non-hydrogen) atoms. The first-order valence-electron chi connectivity index (χ1n) is 9.32. The number of nitrogens with zero attached hydrogens (tertiary/aromatic N) is 2. The Balaban J connectivity index is 1.42. The van der Waals surface area contributed by atoms with Crippen molar-refractivity contribution in [2.24, 2.45) is 0 Å². The first-order valence-corrected chi connectivity index (χ1v) is 9.32. The minimum absolute atomic E-state index is 0.0643. The third kappa shape index (κ3) is 5.45. The molecule has 3 aromatic rings. The van der Waals surface area contributed by atoms with Gasteiger partial charge in [-0.25, -0.2) is 4.68 Å². The summed E-state index contributed by atoms with van der Waals surface area (Å²) in [5.74, 6) is 0.930. The summed E-state index contributed by atoms with van der Waals surface area (Å²) >= 11 is 0. The van der Waals surface area contributed by atoms with Gasteiger partial charge in [0.2, 0.25) is 5.91 Å². The van der Waals surface area contributed by atoms with Crippen molar-refractivity contribution in [2.45, 2.75) is 26.2 Å². The molecule has 0 aliphatic carbocycles. The third-order valence-electron chi connectivity index (χ3n) is 4.33. The van der Waals surface area contributed by atoms with E-state index in [0.717, 1.165) is 23.4 Å². The number of aryl methyl sites for hydroxylation is 1. The maximum Gasteiger partial charge on any atom is 0.220 e. The van der Waals surface area contributed by atoms with Gasteiger partial charge in [0.1, 0.15) is 5.75 Å². The first-order chi connectivity index (χ1) is 13.3. The summed E-state index contributed by atoms with van der Waals surface area (Å²) in [6.07, 6.45) is 5.62. The lowest BCUT2D eigenvalue weighted by Crippen LogP contribution is -2.25. The highest BCUT2D eigenvalue weighted by Crippen LogP contribution is 2.19. The van der Waals surface area contributed by atoms with Crippen LogP contribution >= 0.6 is 0 Å². The molecule has 1 heterocycles. The average Bonchev–Trinajstić information content (AvgIpc) is 3.23. The molecule has 0 spiro atoms. The fraction of sp³-hybridized carbons (Fsp3) is 0.273. The Morgan fingerprint density at radius 1 is 1.07 bits per heavy atom. The van der Waals surface area contributed by atoms with E-state index in [4.69, 9.17) is 4.74 Å². The van der Waals surface area contributed by atoms with Gasteiger partial charge in [0.05, 0.1) is 12.3 Å². The van der Waals surface area contributed by atoms with Gasteiger partial charge in [-0.05, 0) is 55.2 Å². The second kappa shape index (κ2) is 9.57. The average molecular weight is 363 g/mol. The third-order valence-corrected chi connectivity index (χ3v) is 4.33.